The molecule has 2 nitrogen and oxygen atoms in total. The Morgan fingerprint density at radius 3 is 1.73 bits per heavy atom. The van der Waals surface area contributed by atoms with E-state index in [1.165, 1.54) is 18.1 Å². The number of halogens is 6. The summed E-state index contributed by atoms with van der Waals surface area (Å²) in [6.45, 7) is 2.16. The molecule has 228 valence electrons. The third-order valence-corrected chi connectivity index (χ3v) is 7.49. The van der Waals surface area contributed by atoms with Crippen LogP contribution in [0.1, 0.15) is 42.9 Å². The average Bonchev–Trinajstić information content (AvgIpc) is 3.01. The van der Waals surface area contributed by atoms with Gasteiger partial charge in [0, 0.05) is 11.6 Å². The van der Waals surface area contributed by atoms with Crippen LogP contribution in [-0.2, 0) is 12.5 Å². The van der Waals surface area contributed by atoms with Crippen LogP contribution in [0, 0.1) is 34.6 Å². The number of unbranched alkanes of at least 4 members (excludes halogenated alkanes) is 2. The highest BCUT2D eigenvalue weighted by molar-refractivity contribution is 5.71. The van der Waals surface area contributed by atoms with E-state index < -0.39 is 40.7 Å². The van der Waals surface area contributed by atoms with Crippen molar-refractivity contribution in [3.05, 3.63) is 137 Å². The van der Waals surface area contributed by atoms with Crippen LogP contribution in [0.2, 0.25) is 0 Å². The molecule has 0 unspecified atom stereocenters. The molecule has 0 heterocycles. The number of nitriles is 1. The Morgan fingerprint density at radius 2 is 1.18 bits per heavy atom. The van der Waals surface area contributed by atoms with Crippen LogP contribution in [0.5, 0.6) is 5.75 Å². The van der Waals surface area contributed by atoms with Crippen molar-refractivity contribution in [3.8, 4) is 45.2 Å². The summed E-state index contributed by atoms with van der Waals surface area (Å²) < 4.78 is 93.4. The van der Waals surface area contributed by atoms with Gasteiger partial charge in [0.25, 0.3) is 0 Å². The zero-order valence-electron chi connectivity index (χ0n) is 24.2. The van der Waals surface area contributed by atoms with E-state index in [-0.39, 0.29) is 22.3 Å². The Morgan fingerprint density at radius 1 is 0.622 bits per heavy atom. The molecular weight excluding hydrogens is 588 g/mol. The summed E-state index contributed by atoms with van der Waals surface area (Å²) in [6, 6.07) is 24.3. The highest BCUT2D eigenvalue weighted by Crippen LogP contribution is 2.38. The lowest BCUT2D eigenvalue weighted by atomic mass is 9.97. The molecule has 0 aliphatic rings. The van der Waals surface area contributed by atoms with Crippen LogP contribution in [0.3, 0.4) is 0 Å². The lowest BCUT2D eigenvalue weighted by Gasteiger charge is -2.20. The smallest absolute Gasteiger partial charge is 0.429 e. The minimum Gasteiger partial charge on any atom is -0.429 e. The maximum atomic E-state index is 15.0. The SMILES string of the molecule is CCCCCc1ccc(-c2ccc(-c3cc(F)c(C(F)(F)Oc4ccc(-c5ccc(C#N)c(F)c5)c(F)c4)c(F)c3)cc2)cc1. The molecule has 0 saturated carbocycles. The Balaban J connectivity index is 1.32. The van der Waals surface area contributed by atoms with Crippen molar-refractivity contribution >= 4 is 0 Å². The molecule has 0 spiro atoms. The van der Waals surface area contributed by atoms with Crippen LogP contribution in [0.15, 0.2) is 97.1 Å². The summed E-state index contributed by atoms with van der Waals surface area (Å²) in [5, 5.41) is 8.86. The first kappa shape index (κ1) is 31.4. The summed E-state index contributed by atoms with van der Waals surface area (Å²) in [7, 11) is 0. The van der Waals surface area contributed by atoms with Gasteiger partial charge in [-0.15, -0.1) is 0 Å². The lowest BCUT2D eigenvalue weighted by Crippen LogP contribution is -2.25. The molecule has 0 radical (unpaired) electrons. The van der Waals surface area contributed by atoms with Gasteiger partial charge in [0.15, 0.2) is 0 Å². The Bertz CT molecular complexity index is 1840. The van der Waals surface area contributed by atoms with E-state index in [4.69, 9.17) is 5.26 Å². The van der Waals surface area contributed by atoms with Crippen molar-refractivity contribution in [3.63, 3.8) is 0 Å². The van der Waals surface area contributed by atoms with Crippen molar-refractivity contribution in [1.82, 2.24) is 0 Å². The van der Waals surface area contributed by atoms with Gasteiger partial charge in [0.2, 0.25) is 0 Å². The first-order valence-electron chi connectivity index (χ1n) is 14.3. The molecule has 0 fully saturated rings. The van der Waals surface area contributed by atoms with Gasteiger partial charge in [-0.3, -0.25) is 0 Å². The number of hydrogen-bond acceptors (Lipinski definition) is 2. The van der Waals surface area contributed by atoms with Crippen molar-refractivity contribution in [2.75, 3.05) is 0 Å². The molecule has 5 rings (SSSR count). The number of nitrogens with zero attached hydrogens (tertiary/aromatic N) is 1. The van der Waals surface area contributed by atoms with Gasteiger partial charge in [-0.1, -0.05) is 74.4 Å². The summed E-state index contributed by atoms with van der Waals surface area (Å²) in [5.74, 6) is -5.71. The van der Waals surface area contributed by atoms with Gasteiger partial charge in [-0.2, -0.15) is 14.0 Å². The second-order valence-electron chi connectivity index (χ2n) is 10.6. The molecule has 0 aliphatic heterocycles. The fourth-order valence-corrected chi connectivity index (χ4v) is 5.08. The first-order chi connectivity index (χ1) is 21.6. The highest BCUT2D eigenvalue weighted by Gasteiger charge is 2.41. The van der Waals surface area contributed by atoms with Crippen molar-refractivity contribution in [2.24, 2.45) is 0 Å². The molecule has 0 bridgehead atoms. The molecule has 0 aromatic heterocycles. The standard InChI is InChI=1S/C37H27F6NO/c1-2-3-4-5-23-6-8-24(9-7-23)25-10-12-26(13-11-25)29-19-34(40)36(35(41)20-29)37(42,43)45-30-16-17-31(33(39)21-30)27-14-15-28(22-44)32(38)18-27/h6-21H,2-5H2,1H3. The van der Waals surface area contributed by atoms with E-state index in [0.717, 1.165) is 66.8 Å². The second kappa shape index (κ2) is 13.3. The molecule has 0 aliphatic carbocycles. The summed E-state index contributed by atoms with van der Waals surface area (Å²) >= 11 is 0. The molecule has 5 aromatic rings. The average molecular weight is 616 g/mol. The topological polar surface area (TPSA) is 33.0 Å². The monoisotopic (exact) mass is 615 g/mol. The Labute approximate surface area is 257 Å². The fourth-order valence-electron chi connectivity index (χ4n) is 5.08. The molecule has 0 saturated heterocycles. The molecule has 0 atom stereocenters. The summed E-state index contributed by atoms with van der Waals surface area (Å²) in [5.41, 5.74) is 1.60. The summed E-state index contributed by atoms with van der Waals surface area (Å²) in [6.07, 6.45) is -0.0235. The van der Waals surface area contributed by atoms with E-state index in [2.05, 4.69) is 23.8 Å². The third kappa shape index (κ3) is 7.04. The minimum absolute atomic E-state index is 0.0485. The predicted octanol–water partition coefficient (Wildman–Crippen LogP) is 11.0. The van der Waals surface area contributed by atoms with E-state index in [1.54, 1.807) is 30.3 Å². The second-order valence-corrected chi connectivity index (χ2v) is 10.6. The molecule has 8 heteroatoms. The zero-order valence-corrected chi connectivity index (χ0v) is 24.2. The molecule has 0 amide bonds. The van der Waals surface area contributed by atoms with Crippen LogP contribution in [-0.4, -0.2) is 0 Å². The van der Waals surface area contributed by atoms with Crippen molar-refractivity contribution in [1.29, 1.82) is 5.26 Å². The molecule has 5 aromatic carbocycles. The number of benzene rings is 5. The third-order valence-electron chi connectivity index (χ3n) is 7.49. The lowest BCUT2D eigenvalue weighted by molar-refractivity contribution is -0.189. The number of hydrogen-bond donors (Lipinski definition) is 0. The van der Waals surface area contributed by atoms with Crippen molar-refractivity contribution in [2.45, 2.75) is 38.7 Å². The van der Waals surface area contributed by atoms with Crippen LogP contribution in [0.4, 0.5) is 26.3 Å². The van der Waals surface area contributed by atoms with Gasteiger partial charge in [0.05, 0.1) is 5.56 Å². The summed E-state index contributed by atoms with van der Waals surface area (Å²) in [4.78, 5) is 0. The normalized spacial score (nSPS) is 11.3. The zero-order chi connectivity index (χ0) is 32.1. The van der Waals surface area contributed by atoms with Crippen molar-refractivity contribution < 1.29 is 31.1 Å². The quantitative estimate of drug-likeness (QED) is 0.116. The number of rotatable bonds is 10. The molecule has 45 heavy (non-hydrogen) atoms. The van der Waals surface area contributed by atoms with Crippen LogP contribution >= 0.6 is 0 Å². The molecule has 0 N–H and O–H groups in total. The van der Waals surface area contributed by atoms with Gasteiger partial charge in [0.1, 0.15) is 40.7 Å². The van der Waals surface area contributed by atoms with Crippen LogP contribution < -0.4 is 4.74 Å². The largest absolute Gasteiger partial charge is 0.432 e. The Kier molecular flexibility index (Phi) is 9.29. The number of aryl methyl sites for hydroxylation is 1. The van der Waals surface area contributed by atoms with E-state index in [0.29, 0.717) is 11.6 Å². The van der Waals surface area contributed by atoms with Gasteiger partial charge < -0.3 is 4.74 Å². The first-order valence-corrected chi connectivity index (χ1v) is 14.3. The molecular formula is C37H27F6NO. The maximum absolute atomic E-state index is 15.0. The van der Waals surface area contributed by atoms with Gasteiger partial charge in [-0.05, 0) is 82.6 Å². The van der Waals surface area contributed by atoms with E-state index >= 15 is 17.6 Å². The van der Waals surface area contributed by atoms with Gasteiger partial charge >= 0.3 is 6.11 Å². The Hall–Kier alpha value is -5.03. The fraction of sp³-hybridized carbons (Fsp3) is 0.162. The number of alkyl halides is 2. The van der Waals surface area contributed by atoms with E-state index in [1.807, 2.05) is 12.1 Å². The predicted molar refractivity (Wildman–Crippen MR) is 161 cm³/mol. The highest BCUT2D eigenvalue weighted by atomic mass is 19.3. The van der Waals surface area contributed by atoms with Gasteiger partial charge in [-0.25, -0.2) is 17.6 Å². The van der Waals surface area contributed by atoms with Crippen LogP contribution in [0.25, 0.3) is 33.4 Å². The maximum Gasteiger partial charge on any atom is 0.432 e. The van der Waals surface area contributed by atoms with E-state index in [9.17, 15) is 8.78 Å². The number of ether oxygens (including phenoxy) is 1. The minimum atomic E-state index is -4.49.